The molecule has 0 radical (unpaired) electrons. The summed E-state index contributed by atoms with van der Waals surface area (Å²) in [7, 11) is 0. The van der Waals surface area contributed by atoms with E-state index in [0.29, 0.717) is 0 Å². The Morgan fingerprint density at radius 3 is 2.19 bits per heavy atom. The summed E-state index contributed by atoms with van der Waals surface area (Å²) in [6, 6.07) is 2.04. The van der Waals surface area contributed by atoms with Gasteiger partial charge in [0.1, 0.15) is 5.82 Å². The van der Waals surface area contributed by atoms with E-state index in [1.807, 2.05) is 19.9 Å². The SMILES string of the molecule is CCC(C)(N)c1nc(C)cc(C(C)(C)C)n1. The molecule has 16 heavy (non-hydrogen) atoms. The number of nitrogens with two attached hydrogens (primary N) is 1. The Hall–Kier alpha value is -0.960. The molecule has 1 atom stereocenters. The smallest absolute Gasteiger partial charge is 0.148 e. The van der Waals surface area contributed by atoms with Crippen LogP contribution in [0, 0.1) is 6.92 Å². The second-order valence-electron chi connectivity index (χ2n) is 5.74. The van der Waals surface area contributed by atoms with Crippen LogP contribution in [0.3, 0.4) is 0 Å². The minimum absolute atomic E-state index is 0.0340. The maximum absolute atomic E-state index is 6.19. The van der Waals surface area contributed by atoms with Gasteiger partial charge in [-0.15, -0.1) is 0 Å². The summed E-state index contributed by atoms with van der Waals surface area (Å²) < 4.78 is 0. The van der Waals surface area contributed by atoms with Crippen LogP contribution in [0.1, 0.15) is 58.3 Å². The molecule has 2 N–H and O–H groups in total. The van der Waals surface area contributed by atoms with Crippen LogP contribution in [0.2, 0.25) is 0 Å². The summed E-state index contributed by atoms with van der Waals surface area (Å²) in [5.74, 6) is 0.750. The van der Waals surface area contributed by atoms with Crippen LogP contribution in [0.15, 0.2) is 6.07 Å². The fourth-order valence-electron chi connectivity index (χ4n) is 1.37. The first-order valence-electron chi connectivity index (χ1n) is 5.82. The molecule has 0 amide bonds. The highest BCUT2D eigenvalue weighted by atomic mass is 15.0. The first-order chi connectivity index (χ1) is 7.16. The highest BCUT2D eigenvalue weighted by Gasteiger charge is 2.25. The monoisotopic (exact) mass is 221 g/mol. The van der Waals surface area contributed by atoms with Gasteiger partial charge in [0.25, 0.3) is 0 Å². The minimum Gasteiger partial charge on any atom is -0.319 e. The zero-order valence-corrected chi connectivity index (χ0v) is 11.3. The molecule has 0 aliphatic heterocycles. The van der Waals surface area contributed by atoms with Crippen molar-refractivity contribution in [2.45, 2.75) is 58.9 Å². The molecule has 0 aromatic carbocycles. The van der Waals surface area contributed by atoms with Crippen LogP contribution in [0.5, 0.6) is 0 Å². The number of hydrogen-bond acceptors (Lipinski definition) is 3. The van der Waals surface area contributed by atoms with Gasteiger partial charge in [-0.3, -0.25) is 0 Å². The third-order valence-corrected chi connectivity index (χ3v) is 2.87. The lowest BCUT2D eigenvalue weighted by Crippen LogP contribution is -2.35. The van der Waals surface area contributed by atoms with Crippen molar-refractivity contribution in [3.63, 3.8) is 0 Å². The van der Waals surface area contributed by atoms with Gasteiger partial charge in [0.05, 0.1) is 5.54 Å². The predicted molar refractivity (Wildman–Crippen MR) is 67.3 cm³/mol. The van der Waals surface area contributed by atoms with E-state index < -0.39 is 5.54 Å². The van der Waals surface area contributed by atoms with E-state index in [9.17, 15) is 0 Å². The van der Waals surface area contributed by atoms with Crippen LogP contribution < -0.4 is 5.73 Å². The summed E-state index contributed by atoms with van der Waals surface area (Å²) in [4.78, 5) is 9.06. The lowest BCUT2D eigenvalue weighted by atomic mass is 9.90. The Bertz CT molecular complexity index is 375. The summed E-state index contributed by atoms with van der Waals surface area (Å²) in [5.41, 5.74) is 7.83. The van der Waals surface area contributed by atoms with E-state index in [1.54, 1.807) is 0 Å². The Morgan fingerprint density at radius 1 is 1.19 bits per heavy atom. The first-order valence-corrected chi connectivity index (χ1v) is 5.82. The molecule has 0 saturated heterocycles. The lowest BCUT2D eigenvalue weighted by molar-refractivity contribution is 0.435. The average molecular weight is 221 g/mol. The maximum Gasteiger partial charge on any atom is 0.148 e. The van der Waals surface area contributed by atoms with Crippen molar-refractivity contribution in [2.75, 3.05) is 0 Å². The summed E-state index contributed by atoms with van der Waals surface area (Å²) in [6.45, 7) is 12.5. The van der Waals surface area contributed by atoms with E-state index in [0.717, 1.165) is 23.6 Å². The van der Waals surface area contributed by atoms with Gasteiger partial charge in [0.2, 0.25) is 0 Å². The number of hydrogen-bond donors (Lipinski definition) is 1. The number of aromatic nitrogens is 2. The quantitative estimate of drug-likeness (QED) is 0.835. The van der Waals surface area contributed by atoms with Gasteiger partial charge in [0.15, 0.2) is 0 Å². The van der Waals surface area contributed by atoms with Crippen molar-refractivity contribution in [2.24, 2.45) is 5.73 Å². The van der Waals surface area contributed by atoms with Crippen molar-refractivity contribution >= 4 is 0 Å². The van der Waals surface area contributed by atoms with Crippen molar-refractivity contribution < 1.29 is 0 Å². The molecule has 0 aliphatic carbocycles. The molecule has 1 rings (SSSR count). The molecular formula is C13H23N3. The molecule has 1 aromatic heterocycles. The standard InChI is InChI=1S/C13H23N3/c1-7-13(6,14)11-15-9(2)8-10(16-11)12(3,4)5/h8H,7,14H2,1-6H3. The van der Waals surface area contributed by atoms with Gasteiger partial charge in [-0.1, -0.05) is 27.7 Å². The molecule has 0 saturated carbocycles. The normalized spacial score (nSPS) is 15.9. The molecule has 0 bridgehead atoms. The van der Waals surface area contributed by atoms with Gasteiger partial charge in [-0.2, -0.15) is 0 Å². The molecule has 1 unspecified atom stereocenters. The predicted octanol–water partition coefficient (Wildman–Crippen LogP) is 2.67. The zero-order valence-electron chi connectivity index (χ0n) is 11.3. The molecule has 0 aliphatic rings. The van der Waals surface area contributed by atoms with Crippen LogP contribution in [0.4, 0.5) is 0 Å². The van der Waals surface area contributed by atoms with Gasteiger partial charge in [-0.25, -0.2) is 9.97 Å². The van der Waals surface area contributed by atoms with Crippen LogP contribution in [0.25, 0.3) is 0 Å². The van der Waals surface area contributed by atoms with Gasteiger partial charge >= 0.3 is 0 Å². The van der Waals surface area contributed by atoms with Crippen LogP contribution >= 0.6 is 0 Å². The largest absolute Gasteiger partial charge is 0.319 e. The number of nitrogens with zero attached hydrogens (tertiary/aromatic N) is 2. The molecule has 0 spiro atoms. The van der Waals surface area contributed by atoms with E-state index in [4.69, 9.17) is 5.73 Å². The number of aryl methyl sites for hydroxylation is 1. The van der Waals surface area contributed by atoms with E-state index in [-0.39, 0.29) is 5.41 Å². The van der Waals surface area contributed by atoms with Crippen molar-refractivity contribution in [1.82, 2.24) is 9.97 Å². The Balaban J connectivity index is 3.29. The summed E-state index contributed by atoms with van der Waals surface area (Å²) >= 11 is 0. The molecule has 3 heteroatoms. The van der Waals surface area contributed by atoms with Crippen LogP contribution in [-0.2, 0) is 11.0 Å². The molecular weight excluding hydrogens is 198 g/mol. The van der Waals surface area contributed by atoms with Gasteiger partial charge < -0.3 is 5.73 Å². The second-order valence-corrected chi connectivity index (χ2v) is 5.74. The average Bonchev–Trinajstić information content (AvgIpc) is 2.15. The zero-order chi connectivity index (χ0) is 12.6. The fourth-order valence-corrected chi connectivity index (χ4v) is 1.37. The summed E-state index contributed by atoms with van der Waals surface area (Å²) in [5, 5.41) is 0. The molecule has 1 aromatic rings. The molecule has 90 valence electrons. The third kappa shape index (κ3) is 2.79. The third-order valence-electron chi connectivity index (χ3n) is 2.87. The Morgan fingerprint density at radius 2 is 1.75 bits per heavy atom. The molecule has 3 nitrogen and oxygen atoms in total. The van der Waals surface area contributed by atoms with Crippen LogP contribution in [-0.4, -0.2) is 9.97 Å². The van der Waals surface area contributed by atoms with E-state index >= 15 is 0 Å². The van der Waals surface area contributed by atoms with Crippen molar-refractivity contribution in [3.8, 4) is 0 Å². The van der Waals surface area contributed by atoms with Gasteiger partial charge in [0, 0.05) is 16.8 Å². The summed E-state index contributed by atoms with van der Waals surface area (Å²) in [6.07, 6.45) is 0.833. The lowest BCUT2D eigenvalue weighted by Gasteiger charge is -2.25. The van der Waals surface area contributed by atoms with E-state index in [1.165, 1.54) is 0 Å². The maximum atomic E-state index is 6.19. The van der Waals surface area contributed by atoms with Crippen molar-refractivity contribution in [1.29, 1.82) is 0 Å². The minimum atomic E-state index is -0.438. The molecule has 0 fully saturated rings. The topological polar surface area (TPSA) is 51.8 Å². The second kappa shape index (κ2) is 4.13. The highest BCUT2D eigenvalue weighted by molar-refractivity contribution is 5.19. The Kier molecular flexibility index (Phi) is 3.38. The fraction of sp³-hybridized carbons (Fsp3) is 0.692. The van der Waals surface area contributed by atoms with Gasteiger partial charge in [-0.05, 0) is 26.3 Å². The Labute approximate surface area is 98.5 Å². The van der Waals surface area contributed by atoms with Crippen molar-refractivity contribution in [3.05, 3.63) is 23.3 Å². The highest BCUT2D eigenvalue weighted by Crippen LogP contribution is 2.24. The molecule has 1 heterocycles. The van der Waals surface area contributed by atoms with E-state index in [2.05, 4.69) is 37.7 Å². The number of rotatable bonds is 2. The first kappa shape index (κ1) is 13.1.